The maximum absolute atomic E-state index is 13.0. The normalized spacial score (nSPS) is 27.3. The van der Waals surface area contributed by atoms with Crippen molar-refractivity contribution in [2.24, 2.45) is 11.3 Å². The lowest BCUT2D eigenvalue weighted by atomic mass is 9.74. The Balaban J connectivity index is 1.85. The molecule has 1 aromatic rings. The van der Waals surface area contributed by atoms with Gasteiger partial charge < -0.3 is 9.64 Å². The molecule has 2 fully saturated rings. The van der Waals surface area contributed by atoms with Crippen LogP contribution in [0.5, 0.6) is 0 Å². The average Bonchev–Trinajstić information content (AvgIpc) is 2.94. The molecule has 2 aliphatic heterocycles. The molecule has 0 unspecified atom stereocenters. The predicted octanol–water partition coefficient (Wildman–Crippen LogP) is 1.85. The van der Waals surface area contributed by atoms with E-state index in [9.17, 15) is 13.2 Å². The molecule has 0 saturated carbocycles. The van der Waals surface area contributed by atoms with Crippen molar-refractivity contribution >= 4 is 27.5 Å². The summed E-state index contributed by atoms with van der Waals surface area (Å²) >= 11 is 5.95. The number of amides is 1. The van der Waals surface area contributed by atoms with Crippen LogP contribution in [0.25, 0.3) is 0 Å². The van der Waals surface area contributed by atoms with Crippen LogP contribution in [0.15, 0.2) is 29.2 Å². The van der Waals surface area contributed by atoms with Crippen molar-refractivity contribution in [2.45, 2.75) is 18.2 Å². The molecule has 2 saturated heterocycles. The molecular formula is C17H23ClN2O4S. The summed E-state index contributed by atoms with van der Waals surface area (Å²) in [5.41, 5.74) is -0.166. The zero-order chi connectivity index (χ0) is 18.2. The smallest absolute Gasteiger partial charge is 0.243 e. The van der Waals surface area contributed by atoms with Gasteiger partial charge in [-0.3, -0.25) is 4.79 Å². The van der Waals surface area contributed by atoms with Gasteiger partial charge in [0.1, 0.15) is 0 Å². The second kappa shape index (κ2) is 6.87. The van der Waals surface area contributed by atoms with Gasteiger partial charge in [0.05, 0.1) is 11.5 Å². The Bertz CT molecular complexity index is 770. The number of rotatable bonds is 4. The Kier molecular flexibility index (Phi) is 5.12. The number of fused-ring (bicyclic) bond motifs is 1. The zero-order valence-electron chi connectivity index (χ0n) is 14.4. The molecule has 138 valence electrons. The molecule has 0 aromatic heterocycles. The van der Waals surface area contributed by atoms with Crippen LogP contribution in [0.4, 0.5) is 0 Å². The fourth-order valence-electron chi connectivity index (χ4n) is 4.01. The molecule has 2 atom stereocenters. The lowest BCUT2D eigenvalue weighted by Crippen LogP contribution is -2.50. The van der Waals surface area contributed by atoms with Crippen molar-refractivity contribution in [2.75, 3.05) is 39.9 Å². The highest BCUT2D eigenvalue weighted by Gasteiger charge is 2.51. The minimum atomic E-state index is -3.60. The Morgan fingerprint density at radius 2 is 2.16 bits per heavy atom. The van der Waals surface area contributed by atoms with Crippen molar-refractivity contribution in [1.82, 2.24) is 9.21 Å². The molecule has 1 amide bonds. The molecule has 25 heavy (non-hydrogen) atoms. The van der Waals surface area contributed by atoms with Gasteiger partial charge in [0.15, 0.2) is 0 Å². The highest BCUT2D eigenvalue weighted by Crippen LogP contribution is 2.44. The van der Waals surface area contributed by atoms with Gasteiger partial charge in [-0.1, -0.05) is 17.7 Å². The van der Waals surface area contributed by atoms with Gasteiger partial charge in [0.25, 0.3) is 0 Å². The van der Waals surface area contributed by atoms with Gasteiger partial charge in [-0.25, -0.2) is 8.42 Å². The number of ether oxygens (including phenoxy) is 1. The van der Waals surface area contributed by atoms with Crippen LogP contribution in [-0.4, -0.2) is 63.4 Å². The topological polar surface area (TPSA) is 66.9 Å². The first kappa shape index (κ1) is 18.6. The van der Waals surface area contributed by atoms with E-state index in [0.29, 0.717) is 44.2 Å². The average molecular weight is 387 g/mol. The third kappa shape index (κ3) is 3.43. The number of piperidine rings is 1. The summed E-state index contributed by atoms with van der Waals surface area (Å²) in [7, 11) is -1.95. The van der Waals surface area contributed by atoms with Crippen LogP contribution in [0.3, 0.4) is 0 Å². The van der Waals surface area contributed by atoms with Crippen LogP contribution < -0.4 is 0 Å². The van der Waals surface area contributed by atoms with E-state index in [1.165, 1.54) is 10.4 Å². The Morgan fingerprint density at radius 3 is 2.80 bits per heavy atom. The lowest BCUT2D eigenvalue weighted by molar-refractivity contribution is -0.128. The molecule has 0 aliphatic carbocycles. The zero-order valence-corrected chi connectivity index (χ0v) is 16.0. The van der Waals surface area contributed by atoms with Crippen LogP contribution in [0, 0.1) is 11.3 Å². The first-order valence-corrected chi connectivity index (χ1v) is 10.1. The minimum Gasteiger partial charge on any atom is -0.384 e. The van der Waals surface area contributed by atoms with Gasteiger partial charge in [0, 0.05) is 50.7 Å². The number of carbonyl (C=O) groups excluding carboxylic acids is 1. The molecule has 0 spiro atoms. The van der Waals surface area contributed by atoms with E-state index in [2.05, 4.69) is 0 Å². The Labute approximate surface area is 153 Å². The molecular weight excluding hydrogens is 364 g/mol. The molecule has 0 radical (unpaired) electrons. The number of sulfonamides is 1. The summed E-state index contributed by atoms with van der Waals surface area (Å²) in [6.45, 7) is 4.10. The fraction of sp³-hybridized carbons (Fsp3) is 0.588. The first-order chi connectivity index (χ1) is 11.8. The number of benzene rings is 1. The minimum absolute atomic E-state index is 0.0223. The number of hydrogen-bond donors (Lipinski definition) is 0. The quantitative estimate of drug-likeness (QED) is 0.792. The van der Waals surface area contributed by atoms with E-state index in [0.717, 1.165) is 0 Å². The molecule has 0 bridgehead atoms. The summed E-state index contributed by atoms with van der Waals surface area (Å²) in [6, 6.07) is 6.34. The number of carbonyl (C=O) groups is 1. The summed E-state index contributed by atoms with van der Waals surface area (Å²) in [5.74, 6) is 0.0909. The van der Waals surface area contributed by atoms with Crippen molar-refractivity contribution in [3.8, 4) is 0 Å². The highest BCUT2D eigenvalue weighted by molar-refractivity contribution is 7.89. The van der Waals surface area contributed by atoms with Crippen LogP contribution in [-0.2, 0) is 19.6 Å². The molecule has 2 aliphatic rings. The Hall–Kier alpha value is -1.15. The van der Waals surface area contributed by atoms with E-state index in [-0.39, 0.29) is 22.1 Å². The second-order valence-corrected chi connectivity index (χ2v) is 9.34. The maximum atomic E-state index is 13.0. The van der Waals surface area contributed by atoms with Gasteiger partial charge in [-0.2, -0.15) is 4.31 Å². The third-order valence-corrected chi connectivity index (χ3v) is 7.50. The van der Waals surface area contributed by atoms with E-state index >= 15 is 0 Å². The molecule has 8 heteroatoms. The molecule has 1 aromatic carbocycles. The van der Waals surface area contributed by atoms with Gasteiger partial charge in [-0.15, -0.1) is 0 Å². The molecule has 3 rings (SSSR count). The summed E-state index contributed by atoms with van der Waals surface area (Å²) in [5, 5.41) is 0.399. The largest absolute Gasteiger partial charge is 0.384 e. The van der Waals surface area contributed by atoms with E-state index in [1.807, 2.05) is 0 Å². The van der Waals surface area contributed by atoms with Gasteiger partial charge in [-0.05, 0) is 30.5 Å². The third-order valence-electron chi connectivity index (χ3n) is 5.41. The van der Waals surface area contributed by atoms with E-state index in [1.54, 1.807) is 37.1 Å². The SMILES string of the molecule is COC[C@@]12CCN(S(=O)(=O)c3cccc(Cl)c3)C[C@@H]1CN(C(C)=O)C2. The van der Waals surface area contributed by atoms with Crippen molar-refractivity contribution < 1.29 is 17.9 Å². The van der Waals surface area contributed by atoms with Crippen LogP contribution in [0.2, 0.25) is 5.02 Å². The molecule has 6 nitrogen and oxygen atoms in total. The van der Waals surface area contributed by atoms with Crippen LogP contribution in [0.1, 0.15) is 13.3 Å². The number of hydrogen-bond acceptors (Lipinski definition) is 4. The maximum Gasteiger partial charge on any atom is 0.243 e. The predicted molar refractivity (Wildman–Crippen MR) is 94.9 cm³/mol. The van der Waals surface area contributed by atoms with E-state index < -0.39 is 10.0 Å². The second-order valence-electron chi connectivity index (χ2n) is 6.96. The van der Waals surface area contributed by atoms with Gasteiger partial charge >= 0.3 is 0 Å². The highest BCUT2D eigenvalue weighted by atomic mass is 35.5. The Morgan fingerprint density at radius 1 is 1.40 bits per heavy atom. The standard InChI is InChI=1S/C17H23ClN2O4S/c1-13(21)19-9-14-10-20(7-6-17(14,11-19)12-24-2)25(22,23)16-5-3-4-15(18)8-16/h3-5,8,14H,6-7,9-12H2,1-2H3/t14-,17-/m0/s1. The summed E-state index contributed by atoms with van der Waals surface area (Å²) in [6.07, 6.45) is 0.676. The lowest BCUT2D eigenvalue weighted by Gasteiger charge is -2.42. The number of likely N-dealkylation sites (tertiary alicyclic amines) is 1. The summed E-state index contributed by atoms with van der Waals surface area (Å²) in [4.78, 5) is 13.8. The number of nitrogens with zero attached hydrogens (tertiary/aromatic N) is 2. The molecule has 2 heterocycles. The van der Waals surface area contributed by atoms with Crippen LogP contribution >= 0.6 is 11.6 Å². The van der Waals surface area contributed by atoms with Gasteiger partial charge in [0.2, 0.25) is 15.9 Å². The fourth-order valence-corrected chi connectivity index (χ4v) is 5.80. The molecule has 0 N–H and O–H groups in total. The first-order valence-electron chi connectivity index (χ1n) is 8.29. The number of methoxy groups -OCH3 is 1. The van der Waals surface area contributed by atoms with Crippen molar-refractivity contribution in [3.05, 3.63) is 29.3 Å². The monoisotopic (exact) mass is 386 g/mol. The van der Waals surface area contributed by atoms with Crippen molar-refractivity contribution in [3.63, 3.8) is 0 Å². The summed E-state index contributed by atoms with van der Waals surface area (Å²) < 4.78 is 32.8. The van der Waals surface area contributed by atoms with E-state index in [4.69, 9.17) is 16.3 Å². The number of halogens is 1. The van der Waals surface area contributed by atoms with Crippen molar-refractivity contribution in [1.29, 1.82) is 0 Å².